The van der Waals surface area contributed by atoms with Crippen LogP contribution < -0.4 is 5.32 Å². The second-order valence-corrected chi connectivity index (χ2v) is 7.92. The zero-order valence-corrected chi connectivity index (χ0v) is 19.2. The molecule has 1 saturated heterocycles. The molecule has 2 aromatic rings. The summed E-state index contributed by atoms with van der Waals surface area (Å²) in [7, 11) is 1.86. The number of hydrogen-bond donors (Lipinski definition) is 1. The van der Waals surface area contributed by atoms with E-state index in [0.29, 0.717) is 24.5 Å². The van der Waals surface area contributed by atoms with Crippen molar-refractivity contribution in [3.05, 3.63) is 36.7 Å². The van der Waals surface area contributed by atoms with Crippen molar-refractivity contribution >= 4 is 29.9 Å². The minimum Gasteiger partial charge on any atom is -0.351 e. The Balaban J connectivity index is 0.00000225. The Labute approximate surface area is 184 Å². The largest absolute Gasteiger partial charge is 0.351 e. The predicted molar refractivity (Wildman–Crippen MR) is 122 cm³/mol. The van der Waals surface area contributed by atoms with Crippen LogP contribution in [0.3, 0.4) is 0 Å². The smallest absolute Gasteiger partial charge is 0.194 e. The maximum Gasteiger partial charge on any atom is 0.194 e. The highest BCUT2D eigenvalue weighted by molar-refractivity contribution is 14.0. The normalized spacial score (nSPS) is 23.6. The first-order chi connectivity index (χ1) is 13.2. The van der Waals surface area contributed by atoms with Crippen molar-refractivity contribution in [3.8, 4) is 0 Å². The van der Waals surface area contributed by atoms with Crippen LogP contribution in [-0.2, 0) is 6.54 Å². The molecule has 1 aliphatic heterocycles. The van der Waals surface area contributed by atoms with E-state index in [0.717, 1.165) is 31.2 Å². The molecule has 0 radical (unpaired) electrons. The van der Waals surface area contributed by atoms with Gasteiger partial charge in [-0.15, -0.1) is 24.0 Å². The second-order valence-electron chi connectivity index (χ2n) is 7.92. The van der Waals surface area contributed by atoms with Crippen LogP contribution >= 0.6 is 24.0 Å². The summed E-state index contributed by atoms with van der Waals surface area (Å²) in [6.45, 7) is 5.03. The third-order valence-electron chi connectivity index (χ3n) is 6.13. The Kier molecular flexibility index (Phi) is 7.36. The van der Waals surface area contributed by atoms with E-state index in [1.165, 1.54) is 25.7 Å². The summed E-state index contributed by atoms with van der Waals surface area (Å²) in [6, 6.07) is 3.16. The summed E-state index contributed by atoms with van der Waals surface area (Å²) < 4.78 is 4.39. The Bertz CT molecular complexity index is 748. The van der Waals surface area contributed by atoms with Crippen LogP contribution in [0.1, 0.15) is 56.8 Å². The van der Waals surface area contributed by atoms with E-state index in [1.54, 1.807) is 0 Å². The minimum absolute atomic E-state index is 0. The lowest BCUT2D eigenvalue weighted by molar-refractivity contribution is 0.189. The van der Waals surface area contributed by atoms with Gasteiger partial charge in [-0.3, -0.25) is 9.67 Å². The highest BCUT2D eigenvalue weighted by Crippen LogP contribution is 2.29. The zero-order chi connectivity index (χ0) is 18.6. The number of guanidine groups is 1. The van der Waals surface area contributed by atoms with Gasteiger partial charge in [0.25, 0.3) is 0 Å². The number of aliphatic imine (C=N–C) groups is 1. The monoisotopic (exact) mass is 497 g/mol. The van der Waals surface area contributed by atoms with Gasteiger partial charge in [-0.2, -0.15) is 5.10 Å². The molecular formula is C20H32IN7. The summed E-state index contributed by atoms with van der Waals surface area (Å²) in [5.41, 5.74) is 1.08. The van der Waals surface area contributed by atoms with E-state index < -0.39 is 0 Å². The third-order valence-corrected chi connectivity index (χ3v) is 6.13. The van der Waals surface area contributed by atoms with Gasteiger partial charge in [0.2, 0.25) is 0 Å². The number of rotatable bonds is 4. The van der Waals surface area contributed by atoms with E-state index in [9.17, 15) is 0 Å². The van der Waals surface area contributed by atoms with Crippen LogP contribution in [0.2, 0.25) is 0 Å². The van der Waals surface area contributed by atoms with Gasteiger partial charge < -0.3 is 14.8 Å². The molecule has 2 unspecified atom stereocenters. The third kappa shape index (κ3) is 4.69. The Hall–Kier alpha value is -1.58. The van der Waals surface area contributed by atoms with Crippen molar-refractivity contribution in [3.63, 3.8) is 0 Å². The molecule has 0 amide bonds. The first-order valence-corrected chi connectivity index (χ1v) is 10.2. The molecular weight excluding hydrogens is 465 g/mol. The van der Waals surface area contributed by atoms with Gasteiger partial charge in [0.05, 0.1) is 30.6 Å². The van der Waals surface area contributed by atoms with E-state index in [-0.39, 0.29) is 24.0 Å². The molecule has 0 bridgehead atoms. The summed E-state index contributed by atoms with van der Waals surface area (Å²) >= 11 is 0. The SMILES string of the molecule is CN=C(NCc1ccn(C2CCCC2)n1)N1CCC(C)C(n2ccnc2)C1.I. The molecule has 3 heterocycles. The van der Waals surface area contributed by atoms with E-state index in [4.69, 9.17) is 5.10 Å². The average molecular weight is 497 g/mol. The van der Waals surface area contributed by atoms with Crippen molar-refractivity contribution in [1.29, 1.82) is 0 Å². The van der Waals surface area contributed by atoms with Crippen LogP contribution in [0.15, 0.2) is 36.0 Å². The number of imidazole rings is 1. The summed E-state index contributed by atoms with van der Waals surface area (Å²) in [5.74, 6) is 1.60. The molecule has 2 aromatic heterocycles. The van der Waals surface area contributed by atoms with Gasteiger partial charge in [-0.25, -0.2) is 4.98 Å². The van der Waals surface area contributed by atoms with Crippen LogP contribution in [0.5, 0.6) is 0 Å². The molecule has 28 heavy (non-hydrogen) atoms. The van der Waals surface area contributed by atoms with Crippen molar-refractivity contribution in [2.75, 3.05) is 20.1 Å². The lowest BCUT2D eigenvalue weighted by Gasteiger charge is -2.39. The molecule has 7 nitrogen and oxygen atoms in total. The molecule has 2 atom stereocenters. The number of nitrogens with one attached hydrogen (secondary N) is 1. The predicted octanol–water partition coefficient (Wildman–Crippen LogP) is 3.47. The van der Waals surface area contributed by atoms with Crippen molar-refractivity contribution in [2.45, 2.75) is 57.7 Å². The van der Waals surface area contributed by atoms with Gasteiger partial charge in [-0.05, 0) is 31.2 Å². The van der Waals surface area contributed by atoms with Crippen molar-refractivity contribution in [2.24, 2.45) is 10.9 Å². The molecule has 1 saturated carbocycles. The number of halogens is 1. The standard InChI is InChI=1S/C20H31N7.HI/c1-16-7-10-25(14-19(16)26-12-9-22-15-26)20(21-2)23-13-17-8-11-27(24-17)18-5-3-4-6-18;/h8-9,11-12,15-16,18-19H,3-7,10,13-14H2,1-2H3,(H,21,23);1H. The number of hydrogen-bond acceptors (Lipinski definition) is 3. The highest BCUT2D eigenvalue weighted by Gasteiger charge is 2.29. The first kappa shape index (κ1) is 21.1. The Morgan fingerprint density at radius 2 is 2.07 bits per heavy atom. The minimum atomic E-state index is 0. The number of aromatic nitrogens is 4. The molecule has 1 N–H and O–H groups in total. The van der Waals surface area contributed by atoms with E-state index in [2.05, 4.69) is 54.8 Å². The fourth-order valence-corrected chi connectivity index (χ4v) is 4.44. The van der Waals surface area contributed by atoms with Crippen LogP contribution in [0, 0.1) is 5.92 Å². The fourth-order valence-electron chi connectivity index (χ4n) is 4.44. The summed E-state index contributed by atoms with van der Waals surface area (Å²) in [6.07, 6.45) is 14.3. The van der Waals surface area contributed by atoms with Gasteiger partial charge >= 0.3 is 0 Å². The lowest BCUT2D eigenvalue weighted by atomic mass is 9.93. The van der Waals surface area contributed by atoms with Gasteiger partial charge in [0.1, 0.15) is 0 Å². The van der Waals surface area contributed by atoms with Crippen LogP contribution in [-0.4, -0.2) is 50.3 Å². The topological polar surface area (TPSA) is 63.3 Å². The van der Waals surface area contributed by atoms with Crippen LogP contribution in [0.25, 0.3) is 0 Å². The quantitative estimate of drug-likeness (QED) is 0.399. The van der Waals surface area contributed by atoms with Gasteiger partial charge in [0.15, 0.2) is 5.96 Å². The molecule has 2 fully saturated rings. The lowest BCUT2D eigenvalue weighted by Crippen LogP contribution is -2.48. The molecule has 2 aliphatic rings. The van der Waals surface area contributed by atoms with Crippen LogP contribution in [0.4, 0.5) is 0 Å². The maximum absolute atomic E-state index is 4.78. The fraction of sp³-hybridized carbons (Fsp3) is 0.650. The molecule has 8 heteroatoms. The summed E-state index contributed by atoms with van der Waals surface area (Å²) in [5, 5.41) is 8.29. The number of piperidine rings is 1. The summed E-state index contributed by atoms with van der Waals surface area (Å²) in [4.78, 5) is 11.1. The maximum atomic E-state index is 4.78. The second kappa shape index (κ2) is 9.76. The number of nitrogens with zero attached hydrogens (tertiary/aromatic N) is 6. The molecule has 0 spiro atoms. The van der Waals surface area contributed by atoms with E-state index >= 15 is 0 Å². The average Bonchev–Trinajstić information content (AvgIpc) is 3.45. The Morgan fingerprint density at radius 3 is 2.79 bits per heavy atom. The van der Waals surface area contributed by atoms with Gasteiger partial charge in [0, 0.05) is 38.7 Å². The molecule has 4 rings (SSSR count). The first-order valence-electron chi connectivity index (χ1n) is 10.2. The molecule has 154 valence electrons. The highest BCUT2D eigenvalue weighted by atomic mass is 127. The molecule has 1 aliphatic carbocycles. The zero-order valence-electron chi connectivity index (χ0n) is 16.9. The van der Waals surface area contributed by atoms with Crippen molar-refractivity contribution in [1.82, 2.24) is 29.5 Å². The van der Waals surface area contributed by atoms with Gasteiger partial charge in [-0.1, -0.05) is 19.8 Å². The van der Waals surface area contributed by atoms with Crippen molar-refractivity contribution < 1.29 is 0 Å². The Morgan fingerprint density at radius 1 is 1.25 bits per heavy atom. The molecule has 0 aromatic carbocycles. The van der Waals surface area contributed by atoms with E-state index in [1.807, 2.05) is 19.6 Å². The number of likely N-dealkylation sites (tertiary alicyclic amines) is 1.